The van der Waals surface area contributed by atoms with Crippen molar-refractivity contribution >= 4 is 42.2 Å². The molecule has 0 aromatic heterocycles. The van der Waals surface area contributed by atoms with E-state index in [0.717, 1.165) is 11.1 Å². The molecule has 8 nitrogen and oxygen atoms in total. The van der Waals surface area contributed by atoms with Crippen molar-refractivity contribution in [2.75, 3.05) is 24.3 Å². The van der Waals surface area contributed by atoms with Crippen LogP contribution in [-0.2, 0) is 27.3 Å². The summed E-state index contributed by atoms with van der Waals surface area (Å²) < 4.78 is 0. The fraction of sp³-hybridized carbons (Fsp3) is 0.625. The summed E-state index contributed by atoms with van der Waals surface area (Å²) in [7, 11) is 0. The number of carboxylic acids is 1. The highest BCUT2D eigenvalue weighted by molar-refractivity contribution is 7.98. The molecule has 34 heavy (non-hydrogen) atoms. The van der Waals surface area contributed by atoms with E-state index in [4.69, 9.17) is 5.73 Å². The van der Waals surface area contributed by atoms with Crippen molar-refractivity contribution in [1.29, 1.82) is 0 Å². The van der Waals surface area contributed by atoms with Crippen molar-refractivity contribution in [2.45, 2.75) is 63.8 Å². The average Bonchev–Trinajstić information content (AvgIpc) is 2.81. The summed E-state index contributed by atoms with van der Waals surface area (Å²) in [4.78, 5) is 40.8. The normalized spacial score (nSPS) is 19.1. The second kappa shape index (κ2) is 12.8. The first-order valence-corrected chi connectivity index (χ1v) is 13.6. The summed E-state index contributed by atoms with van der Waals surface area (Å²) in [6.45, 7) is 6.11. The van der Waals surface area contributed by atoms with Gasteiger partial charge in [0.2, 0.25) is 11.8 Å². The van der Waals surface area contributed by atoms with Gasteiger partial charge in [-0.3, -0.25) is 9.59 Å². The molecule has 1 heterocycles. The van der Waals surface area contributed by atoms with Gasteiger partial charge in [0, 0.05) is 31.3 Å². The van der Waals surface area contributed by atoms with Crippen LogP contribution in [0.3, 0.4) is 0 Å². The summed E-state index contributed by atoms with van der Waals surface area (Å²) in [6, 6.07) is 6.18. The minimum atomic E-state index is -1.42. The molecular weight excluding hydrogens is 472 g/mol. The maximum absolute atomic E-state index is 13.7. The molecule has 0 spiro atoms. The van der Waals surface area contributed by atoms with Crippen molar-refractivity contribution in [1.82, 2.24) is 15.5 Å². The molecule has 2 rings (SSSR count). The second-order valence-corrected chi connectivity index (χ2v) is 10.7. The third-order valence-corrected chi connectivity index (χ3v) is 7.36. The molecule has 1 aromatic rings. The lowest BCUT2D eigenvalue weighted by Crippen LogP contribution is -2.62. The van der Waals surface area contributed by atoms with E-state index < -0.39 is 29.5 Å². The van der Waals surface area contributed by atoms with Crippen LogP contribution >= 0.6 is 24.4 Å². The highest BCUT2D eigenvalue weighted by Gasteiger charge is 2.42. The van der Waals surface area contributed by atoms with E-state index in [1.165, 1.54) is 18.7 Å². The Morgan fingerprint density at radius 3 is 2.50 bits per heavy atom. The molecule has 190 valence electrons. The highest BCUT2D eigenvalue weighted by atomic mass is 32.2. The molecule has 2 amide bonds. The Kier molecular flexibility index (Phi) is 10.7. The fourth-order valence-corrected chi connectivity index (χ4v) is 4.74. The van der Waals surface area contributed by atoms with Crippen molar-refractivity contribution in [3.8, 4) is 0 Å². The van der Waals surface area contributed by atoms with E-state index in [9.17, 15) is 19.5 Å². The number of amides is 2. The first-order chi connectivity index (χ1) is 16.0. The molecule has 1 aliphatic heterocycles. The first kappa shape index (κ1) is 28.5. The van der Waals surface area contributed by atoms with Gasteiger partial charge < -0.3 is 26.4 Å². The van der Waals surface area contributed by atoms with Gasteiger partial charge in [0.1, 0.15) is 11.6 Å². The maximum Gasteiger partial charge on any atom is 0.329 e. The molecule has 1 aliphatic rings. The number of hydrogen-bond donors (Lipinski definition) is 5. The topological polar surface area (TPSA) is 125 Å². The van der Waals surface area contributed by atoms with Crippen LogP contribution in [0, 0.1) is 5.92 Å². The molecule has 0 radical (unpaired) electrons. The summed E-state index contributed by atoms with van der Waals surface area (Å²) in [5.74, 6) is -0.708. The minimum Gasteiger partial charge on any atom is -0.480 e. The van der Waals surface area contributed by atoms with Gasteiger partial charge in [-0.1, -0.05) is 38.1 Å². The van der Waals surface area contributed by atoms with Crippen LogP contribution in [0.5, 0.6) is 0 Å². The number of benzene rings is 1. The number of thioether (sulfide) groups is 1. The van der Waals surface area contributed by atoms with E-state index in [-0.39, 0.29) is 30.8 Å². The van der Waals surface area contributed by atoms with Crippen molar-refractivity contribution in [3.63, 3.8) is 0 Å². The number of fused-ring (bicyclic) bond motifs is 1. The number of carbonyl (C=O) groups excluding carboxylic acids is 2. The Bertz CT molecular complexity index is 869. The number of thiol groups is 1. The Hall–Kier alpha value is -1.75. The summed E-state index contributed by atoms with van der Waals surface area (Å²) in [5, 5.41) is 15.8. The van der Waals surface area contributed by atoms with Gasteiger partial charge in [0.05, 0.1) is 6.04 Å². The van der Waals surface area contributed by atoms with Gasteiger partial charge in [-0.2, -0.15) is 24.4 Å². The SMILES string of the molecule is CSCC[C@@](C)(NC(=O)[C@@H]1Cc2ccccc2CN1C(=O)[C@@H](NC[C@@H](N)CS)C(C)C)C(=O)O. The van der Waals surface area contributed by atoms with Crippen LogP contribution in [0.2, 0.25) is 0 Å². The van der Waals surface area contributed by atoms with Crippen LogP contribution in [0.4, 0.5) is 0 Å². The molecular formula is C24H38N4O4S2. The minimum absolute atomic E-state index is 0.0358. The average molecular weight is 511 g/mol. The summed E-state index contributed by atoms with van der Waals surface area (Å²) >= 11 is 5.73. The predicted octanol–water partition coefficient (Wildman–Crippen LogP) is 1.52. The van der Waals surface area contributed by atoms with Gasteiger partial charge in [0.25, 0.3) is 0 Å². The van der Waals surface area contributed by atoms with Gasteiger partial charge in [-0.05, 0) is 42.4 Å². The third-order valence-electron chi connectivity index (χ3n) is 6.28. The number of nitrogens with zero attached hydrogens (tertiary/aromatic N) is 1. The first-order valence-electron chi connectivity index (χ1n) is 11.6. The predicted molar refractivity (Wildman–Crippen MR) is 140 cm³/mol. The lowest BCUT2D eigenvalue weighted by molar-refractivity contribution is -0.150. The zero-order valence-electron chi connectivity index (χ0n) is 20.4. The zero-order chi connectivity index (χ0) is 25.5. The Morgan fingerprint density at radius 2 is 1.94 bits per heavy atom. The van der Waals surface area contributed by atoms with Gasteiger partial charge in [0.15, 0.2) is 0 Å². The number of aliphatic carboxylic acids is 1. The van der Waals surface area contributed by atoms with Crippen LogP contribution in [0.15, 0.2) is 24.3 Å². The fourth-order valence-electron chi connectivity index (χ4n) is 4.00. The molecule has 0 saturated carbocycles. The number of nitrogens with one attached hydrogen (secondary N) is 2. The van der Waals surface area contributed by atoms with Crippen LogP contribution < -0.4 is 16.4 Å². The van der Waals surface area contributed by atoms with Gasteiger partial charge in [-0.15, -0.1) is 0 Å². The number of nitrogens with two attached hydrogens (primary N) is 1. The third kappa shape index (κ3) is 7.13. The van der Waals surface area contributed by atoms with E-state index in [1.807, 2.05) is 44.4 Å². The molecule has 1 aromatic carbocycles. The number of carbonyl (C=O) groups is 3. The van der Waals surface area contributed by atoms with Gasteiger partial charge >= 0.3 is 5.97 Å². The quantitative estimate of drug-likeness (QED) is 0.270. The Balaban J connectivity index is 2.35. The van der Waals surface area contributed by atoms with E-state index in [1.54, 1.807) is 4.90 Å². The van der Waals surface area contributed by atoms with Gasteiger partial charge in [-0.25, -0.2) is 4.79 Å². The molecule has 10 heteroatoms. The number of rotatable bonds is 12. The molecule has 0 saturated heterocycles. The molecule has 0 aliphatic carbocycles. The summed E-state index contributed by atoms with van der Waals surface area (Å²) in [5.41, 5.74) is 6.54. The van der Waals surface area contributed by atoms with Crippen molar-refractivity contribution in [3.05, 3.63) is 35.4 Å². The van der Waals surface area contributed by atoms with Crippen LogP contribution in [0.1, 0.15) is 38.3 Å². The highest BCUT2D eigenvalue weighted by Crippen LogP contribution is 2.26. The van der Waals surface area contributed by atoms with Crippen molar-refractivity contribution in [2.24, 2.45) is 11.7 Å². The Labute approximate surface area is 212 Å². The standard InChI is InChI=1S/C24H38N4O4S2/c1-15(2)20(26-12-18(25)14-33)22(30)28-13-17-8-6-5-7-16(17)11-19(28)21(29)27-24(3,23(31)32)9-10-34-4/h5-8,15,18-20,26,33H,9-14,25H2,1-4H3,(H,27,29)(H,31,32)/t18-,19+,20+,24-/m1/s1. The molecule has 0 fully saturated rings. The largest absolute Gasteiger partial charge is 0.480 e. The van der Waals surface area contributed by atoms with Crippen LogP contribution in [-0.4, -0.2) is 75.8 Å². The molecule has 0 unspecified atom stereocenters. The molecule has 4 atom stereocenters. The van der Waals surface area contributed by atoms with E-state index in [2.05, 4.69) is 23.3 Å². The molecule has 5 N–H and O–H groups in total. The second-order valence-electron chi connectivity index (χ2n) is 9.40. The summed E-state index contributed by atoms with van der Waals surface area (Å²) in [6.07, 6.45) is 2.50. The maximum atomic E-state index is 13.7. The lowest BCUT2D eigenvalue weighted by atomic mass is 9.90. The number of carboxylic acid groups (broad SMARTS) is 1. The number of hydrogen-bond acceptors (Lipinski definition) is 7. The monoisotopic (exact) mass is 510 g/mol. The van der Waals surface area contributed by atoms with Crippen LogP contribution in [0.25, 0.3) is 0 Å². The van der Waals surface area contributed by atoms with E-state index in [0.29, 0.717) is 24.5 Å². The molecule has 0 bridgehead atoms. The smallest absolute Gasteiger partial charge is 0.329 e. The lowest BCUT2D eigenvalue weighted by Gasteiger charge is -2.40. The van der Waals surface area contributed by atoms with E-state index >= 15 is 0 Å². The zero-order valence-corrected chi connectivity index (χ0v) is 22.1. The Morgan fingerprint density at radius 1 is 1.29 bits per heavy atom. The van der Waals surface area contributed by atoms with Crippen molar-refractivity contribution < 1.29 is 19.5 Å².